The maximum atomic E-state index is 11.9. The van der Waals surface area contributed by atoms with E-state index < -0.39 is 0 Å². The summed E-state index contributed by atoms with van der Waals surface area (Å²) in [6.45, 7) is 0. The molecule has 1 saturated carbocycles. The third kappa shape index (κ3) is 1.05. The minimum Gasteiger partial charge on any atom is -0.344 e. The van der Waals surface area contributed by atoms with Gasteiger partial charge < -0.3 is 20.5 Å². The number of rotatable bonds is 0. The molecule has 0 aromatic carbocycles. The number of carbonyl (C=O) groups excluding carboxylic acids is 2. The summed E-state index contributed by atoms with van der Waals surface area (Å²) in [5, 5.41) is 8.77. The summed E-state index contributed by atoms with van der Waals surface area (Å²) in [6, 6.07) is 3.93. The van der Waals surface area contributed by atoms with Crippen LogP contribution in [0.1, 0.15) is 23.0 Å². The van der Waals surface area contributed by atoms with Crippen molar-refractivity contribution < 1.29 is 9.59 Å². The van der Waals surface area contributed by atoms with Gasteiger partial charge in [-0.15, -0.1) is 0 Å². The van der Waals surface area contributed by atoms with E-state index >= 15 is 0 Å². The SMILES string of the molecule is O=C1NC2CC3C(NC(=O)c4cccn43)C2N1. The zero-order valence-corrected chi connectivity index (χ0v) is 9.01. The molecule has 4 unspecified atom stereocenters. The Bertz CT molecular complexity index is 523. The van der Waals surface area contributed by atoms with Crippen LogP contribution in [0.4, 0.5) is 4.79 Å². The monoisotopic (exact) mass is 232 g/mol. The smallest absolute Gasteiger partial charge is 0.315 e. The third-order valence-corrected chi connectivity index (χ3v) is 4.01. The molecule has 4 rings (SSSR count). The second-order valence-electron chi connectivity index (χ2n) is 4.85. The van der Waals surface area contributed by atoms with Gasteiger partial charge in [-0.2, -0.15) is 0 Å². The highest BCUT2D eigenvalue weighted by Crippen LogP contribution is 2.36. The third-order valence-electron chi connectivity index (χ3n) is 4.01. The predicted octanol–water partition coefficient (Wildman–Crippen LogP) is -0.405. The van der Waals surface area contributed by atoms with Crippen LogP contribution in [-0.2, 0) is 0 Å². The minimum absolute atomic E-state index is 0.00648. The van der Waals surface area contributed by atoms with Crippen LogP contribution in [0.3, 0.4) is 0 Å². The van der Waals surface area contributed by atoms with Gasteiger partial charge in [0.05, 0.1) is 24.2 Å². The van der Waals surface area contributed by atoms with Crippen molar-refractivity contribution >= 4 is 11.9 Å². The van der Waals surface area contributed by atoms with Crippen LogP contribution in [0.2, 0.25) is 0 Å². The van der Waals surface area contributed by atoms with E-state index in [0.29, 0.717) is 5.69 Å². The lowest BCUT2D eigenvalue weighted by atomic mass is 10.1. The van der Waals surface area contributed by atoms with Gasteiger partial charge >= 0.3 is 6.03 Å². The van der Waals surface area contributed by atoms with Crippen molar-refractivity contribution in [1.82, 2.24) is 20.5 Å². The Hall–Kier alpha value is -1.98. The van der Waals surface area contributed by atoms with Crippen molar-refractivity contribution in [3.63, 3.8) is 0 Å². The molecule has 2 aliphatic heterocycles. The fourth-order valence-corrected chi connectivity index (χ4v) is 3.32. The number of fused-ring (bicyclic) bond motifs is 5. The summed E-state index contributed by atoms with van der Waals surface area (Å²) in [6.07, 6.45) is 2.80. The fourth-order valence-electron chi connectivity index (χ4n) is 3.32. The maximum Gasteiger partial charge on any atom is 0.315 e. The lowest BCUT2D eigenvalue weighted by Crippen LogP contribution is -2.53. The lowest BCUT2D eigenvalue weighted by molar-refractivity contribution is 0.0881. The molecule has 1 aliphatic carbocycles. The molecule has 88 valence electrons. The number of urea groups is 1. The van der Waals surface area contributed by atoms with Crippen LogP contribution in [0.5, 0.6) is 0 Å². The van der Waals surface area contributed by atoms with Crippen LogP contribution in [0, 0.1) is 0 Å². The number of aromatic nitrogens is 1. The molecule has 3 aliphatic rings. The molecular weight excluding hydrogens is 220 g/mol. The van der Waals surface area contributed by atoms with E-state index in [-0.39, 0.29) is 36.1 Å². The highest BCUT2D eigenvalue weighted by Gasteiger charge is 2.51. The summed E-state index contributed by atoms with van der Waals surface area (Å²) in [7, 11) is 0. The van der Waals surface area contributed by atoms with Gasteiger partial charge in [-0.05, 0) is 18.6 Å². The summed E-state index contributed by atoms with van der Waals surface area (Å²) >= 11 is 0. The van der Waals surface area contributed by atoms with Crippen molar-refractivity contribution in [3.05, 3.63) is 24.0 Å². The molecule has 1 aromatic heterocycles. The second kappa shape index (κ2) is 2.82. The maximum absolute atomic E-state index is 11.9. The van der Waals surface area contributed by atoms with E-state index in [0.717, 1.165) is 6.42 Å². The molecule has 3 heterocycles. The van der Waals surface area contributed by atoms with Crippen molar-refractivity contribution in [2.75, 3.05) is 0 Å². The first-order valence-electron chi connectivity index (χ1n) is 5.79. The van der Waals surface area contributed by atoms with Crippen molar-refractivity contribution in [3.8, 4) is 0 Å². The quantitative estimate of drug-likeness (QED) is 0.569. The van der Waals surface area contributed by atoms with Crippen molar-refractivity contribution in [2.24, 2.45) is 0 Å². The second-order valence-corrected chi connectivity index (χ2v) is 4.85. The minimum atomic E-state index is -0.133. The fraction of sp³-hybridized carbons (Fsp3) is 0.455. The summed E-state index contributed by atoms with van der Waals surface area (Å²) < 4.78 is 2.02. The molecule has 4 atom stereocenters. The summed E-state index contributed by atoms with van der Waals surface area (Å²) in [5.41, 5.74) is 0.706. The van der Waals surface area contributed by atoms with E-state index in [1.165, 1.54) is 0 Å². The van der Waals surface area contributed by atoms with Gasteiger partial charge in [-0.3, -0.25) is 4.79 Å². The Morgan fingerprint density at radius 1 is 1.18 bits per heavy atom. The molecule has 3 amide bonds. The number of hydrogen-bond donors (Lipinski definition) is 3. The largest absolute Gasteiger partial charge is 0.344 e. The van der Waals surface area contributed by atoms with Gasteiger partial charge in [-0.1, -0.05) is 0 Å². The molecule has 0 radical (unpaired) electrons. The van der Waals surface area contributed by atoms with Gasteiger partial charge in [0.1, 0.15) is 5.69 Å². The first-order valence-corrected chi connectivity index (χ1v) is 5.79. The number of hydrogen-bond acceptors (Lipinski definition) is 2. The molecule has 0 spiro atoms. The van der Waals surface area contributed by atoms with Crippen LogP contribution in [-0.4, -0.2) is 34.6 Å². The van der Waals surface area contributed by atoms with Crippen LogP contribution < -0.4 is 16.0 Å². The molecule has 1 saturated heterocycles. The average molecular weight is 232 g/mol. The first-order chi connectivity index (χ1) is 8.24. The molecule has 2 fully saturated rings. The highest BCUT2D eigenvalue weighted by molar-refractivity contribution is 5.94. The number of nitrogens with zero attached hydrogens (tertiary/aromatic N) is 1. The Morgan fingerprint density at radius 3 is 2.94 bits per heavy atom. The summed E-state index contributed by atoms with van der Waals surface area (Å²) in [4.78, 5) is 23.2. The predicted molar refractivity (Wildman–Crippen MR) is 58.6 cm³/mol. The lowest BCUT2D eigenvalue weighted by Gasteiger charge is -2.31. The Balaban J connectivity index is 1.76. The van der Waals surface area contributed by atoms with Gasteiger partial charge in [-0.25, -0.2) is 4.79 Å². The van der Waals surface area contributed by atoms with Crippen LogP contribution >= 0.6 is 0 Å². The molecule has 17 heavy (non-hydrogen) atoms. The Labute approximate surface area is 97.4 Å². The van der Waals surface area contributed by atoms with Gasteiger partial charge in [0, 0.05) is 6.20 Å². The number of nitrogens with one attached hydrogen (secondary N) is 3. The molecule has 1 aromatic rings. The van der Waals surface area contributed by atoms with E-state index in [9.17, 15) is 9.59 Å². The Morgan fingerprint density at radius 2 is 2.06 bits per heavy atom. The van der Waals surface area contributed by atoms with Crippen LogP contribution in [0.25, 0.3) is 0 Å². The van der Waals surface area contributed by atoms with E-state index in [4.69, 9.17) is 0 Å². The van der Waals surface area contributed by atoms with E-state index in [1.807, 2.05) is 22.9 Å². The van der Waals surface area contributed by atoms with Crippen molar-refractivity contribution in [1.29, 1.82) is 0 Å². The zero-order chi connectivity index (χ0) is 11.6. The standard InChI is InChI=1S/C11H12N4O2/c16-10-6-2-1-3-15(6)7-4-5-8(9(7)13-10)14-11(17)12-5/h1-3,5,7-9H,4H2,(H,13,16)(H2,12,14,17). The number of amides is 3. The van der Waals surface area contributed by atoms with Gasteiger partial charge in [0.2, 0.25) is 0 Å². The molecule has 6 nitrogen and oxygen atoms in total. The van der Waals surface area contributed by atoms with Gasteiger partial charge in [0.25, 0.3) is 5.91 Å². The molecule has 6 heteroatoms. The van der Waals surface area contributed by atoms with Crippen LogP contribution in [0.15, 0.2) is 18.3 Å². The highest BCUT2D eigenvalue weighted by atomic mass is 16.2. The van der Waals surface area contributed by atoms with Crippen molar-refractivity contribution in [2.45, 2.75) is 30.6 Å². The van der Waals surface area contributed by atoms with E-state index in [2.05, 4.69) is 16.0 Å². The molecule has 3 N–H and O–H groups in total. The zero-order valence-electron chi connectivity index (χ0n) is 9.01. The summed E-state index contributed by atoms with van der Waals surface area (Å²) in [5.74, 6) is -0.0574. The average Bonchev–Trinajstić information content (AvgIpc) is 2.92. The van der Waals surface area contributed by atoms with E-state index in [1.54, 1.807) is 0 Å². The first kappa shape index (κ1) is 9.09. The van der Waals surface area contributed by atoms with Gasteiger partial charge in [0.15, 0.2) is 0 Å². The normalized spacial score (nSPS) is 37.6. The Kier molecular flexibility index (Phi) is 1.51. The molecular formula is C11H12N4O2. The molecule has 0 bridgehead atoms. The number of carbonyl (C=O) groups is 2. The topological polar surface area (TPSA) is 75.2 Å².